The number of ether oxygens (including phenoxy) is 3. The molecule has 3 nitrogen and oxygen atoms in total. The fourth-order valence-corrected chi connectivity index (χ4v) is 2.42. The van der Waals surface area contributed by atoms with E-state index in [0.29, 0.717) is 35.8 Å². The van der Waals surface area contributed by atoms with Crippen LogP contribution in [0.2, 0.25) is 0 Å². The number of para-hydroxylation sites is 4. The molecule has 0 aliphatic heterocycles. The fraction of sp³-hybridized carbons (Fsp3) is 0.167. The molecular weight excluding hydrogens is 336 g/mol. The Morgan fingerprint density at radius 1 is 0.630 bits per heavy atom. The van der Waals surface area contributed by atoms with Gasteiger partial charge in [-0.15, -0.1) is 13.2 Å². The Hall–Kier alpha value is -3.20. The van der Waals surface area contributed by atoms with Crippen molar-refractivity contribution < 1.29 is 14.2 Å². The highest BCUT2D eigenvalue weighted by atomic mass is 16.5. The van der Waals surface area contributed by atoms with Crippen LogP contribution in [0.5, 0.6) is 23.0 Å². The maximum atomic E-state index is 6.12. The van der Waals surface area contributed by atoms with Crippen LogP contribution in [0.25, 0.3) is 0 Å². The fourth-order valence-electron chi connectivity index (χ4n) is 2.42. The Bertz CT molecular complexity index is 713. The van der Waals surface area contributed by atoms with Crippen LogP contribution in [0.1, 0.15) is 12.8 Å². The SMILES string of the molecule is C=CCC(C=C)Oc1ccccc1Oc1ccccc1OC(C=C)CC=C. The van der Waals surface area contributed by atoms with Gasteiger partial charge in [0.2, 0.25) is 0 Å². The van der Waals surface area contributed by atoms with Crippen LogP contribution in [-0.4, -0.2) is 12.2 Å². The lowest BCUT2D eigenvalue weighted by Gasteiger charge is -2.19. The van der Waals surface area contributed by atoms with Gasteiger partial charge in [-0.3, -0.25) is 0 Å². The molecule has 0 spiro atoms. The molecule has 2 aromatic carbocycles. The maximum Gasteiger partial charge on any atom is 0.169 e. The van der Waals surface area contributed by atoms with Crippen molar-refractivity contribution in [3.8, 4) is 23.0 Å². The van der Waals surface area contributed by atoms with Crippen LogP contribution in [0.3, 0.4) is 0 Å². The van der Waals surface area contributed by atoms with Gasteiger partial charge in [-0.05, 0) is 24.3 Å². The maximum absolute atomic E-state index is 6.12. The first-order valence-electron chi connectivity index (χ1n) is 8.88. The third-order valence-electron chi connectivity index (χ3n) is 3.80. The second-order valence-electron chi connectivity index (χ2n) is 5.83. The molecule has 2 rings (SSSR count). The summed E-state index contributed by atoms with van der Waals surface area (Å²) in [7, 11) is 0. The lowest BCUT2D eigenvalue weighted by molar-refractivity contribution is 0.234. The molecule has 3 heteroatoms. The van der Waals surface area contributed by atoms with Crippen molar-refractivity contribution in [2.24, 2.45) is 0 Å². The van der Waals surface area contributed by atoms with Gasteiger partial charge in [0.1, 0.15) is 12.2 Å². The number of hydrogen-bond donors (Lipinski definition) is 0. The van der Waals surface area contributed by atoms with E-state index in [2.05, 4.69) is 26.3 Å². The van der Waals surface area contributed by atoms with Crippen molar-refractivity contribution in [3.63, 3.8) is 0 Å². The predicted molar refractivity (Wildman–Crippen MR) is 112 cm³/mol. The molecule has 27 heavy (non-hydrogen) atoms. The standard InChI is InChI=1S/C24H26O3/c1-5-13-19(7-3)25-21-15-9-11-17-23(21)27-24-18-12-10-16-22(24)26-20(8-4)14-6-2/h5-12,15-20H,1-4,13-14H2. The van der Waals surface area contributed by atoms with Gasteiger partial charge in [-0.1, -0.05) is 61.7 Å². The van der Waals surface area contributed by atoms with Gasteiger partial charge < -0.3 is 14.2 Å². The lowest BCUT2D eigenvalue weighted by Crippen LogP contribution is -2.13. The van der Waals surface area contributed by atoms with Crippen molar-refractivity contribution in [2.45, 2.75) is 25.0 Å². The highest BCUT2D eigenvalue weighted by molar-refractivity contribution is 5.47. The highest BCUT2D eigenvalue weighted by Gasteiger charge is 2.14. The molecule has 140 valence electrons. The zero-order chi connectivity index (χ0) is 19.5. The molecular formula is C24H26O3. The summed E-state index contributed by atoms with van der Waals surface area (Å²) in [6.45, 7) is 15.1. The molecule has 2 unspecified atom stereocenters. The lowest BCUT2D eigenvalue weighted by atomic mass is 10.2. The van der Waals surface area contributed by atoms with E-state index >= 15 is 0 Å². The summed E-state index contributed by atoms with van der Waals surface area (Å²) in [5, 5.41) is 0. The average molecular weight is 362 g/mol. The van der Waals surface area contributed by atoms with Crippen molar-refractivity contribution in [1.29, 1.82) is 0 Å². The molecule has 0 radical (unpaired) electrons. The number of rotatable bonds is 12. The van der Waals surface area contributed by atoms with Gasteiger partial charge >= 0.3 is 0 Å². The zero-order valence-corrected chi connectivity index (χ0v) is 15.6. The molecule has 0 heterocycles. The van der Waals surface area contributed by atoms with Gasteiger partial charge in [0.15, 0.2) is 23.0 Å². The second-order valence-corrected chi connectivity index (χ2v) is 5.83. The highest BCUT2D eigenvalue weighted by Crippen LogP contribution is 2.37. The smallest absolute Gasteiger partial charge is 0.169 e. The Labute approximate surface area is 161 Å². The van der Waals surface area contributed by atoms with Gasteiger partial charge in [-0.25, -0.2) is 0 Å². The molecule has 0 saturated heterocycles. The molecule has 0 amide bonds. The topological polar surface area (TPSA) is 27.7 Å². The van der Waals surface area contributed by atoms with E-state index in [9.17, 15) is 0 Å². The Morgan fingerprint density at radius 3 is 1.33 bits per heavy atom. The average Bonchev–Trinajstić information content (AvgIpc) is 2.70. The summed E-state index contributed by atoms with van der Waals surface area (Å²) < 4.78 is 18.1. The summed E-state index contributed by atoms with van der Waals surface area (Å²) >= 11 is 0. The van der Waals surface area contributed by atoms with Crippen molar-refractivity contribution >= 4 is 0 Å². The third-order valence-corrected chi connectivity index (χ3v) is 3.80. The van der Waals surface area contributed by atoms with Crippen LogP contribution in [0.4, 0.5) is 0 Å². The van der Waals surface area contributed by atoms with E-state index in [4.69, 9.17) is 14.2 Å². The Balaban J connectivity index is 2.25. The molecule has 0 aliphatic carbocycles. The number of benzene rings is 2. The summed E-state index contributed by atoms with van der Waals surface area (Å²) in [5.74, 6) is 2.46. The van der Waals surface area contributed by atoms with E-state index in [1.807, 2.05) is 48.5 Å². The van der Waals surface area contributed by atoms with Crippen LogP contribution in [0.15, 0.2) is 99.2 Å². The third kappa shape index (κ3) is 5.93. The summed E-state index contributed by atoms with van der Waals surface area (Å²) in [4.78, 5) is 0. The molecule has 0 fully saturated rings. The molecule has 0 bridgehead atoms. The molecule has 0 N–H and O–H groups in total. The predicted octanol–water partition coefficient (Wildman–Crippen LogP) is 6.50. The summed E-state index contributed by atoms with van der Waals surface area (Å²) in [6, 6.07) is 15.0. The normalized spacial score (nSPS) is 12.3. The van der Waals surface area contributed by atoms with E-state index in [1.165, 1.54) is 0 Å². The minimum Gasteiger partial charge on any atom is -0.482 e. The molecule has 0 aromatic heterocycles. The van der Waals surface area contributed by atoms with Gasteiger partial charge in [-0.2, -0.15) is 0 Å². The Kier molecular flexibility index (Phi) is 7.98. The monoisotopic (exact) mass is 362 g/mol. The summed E-state index contributed by atoms with van der Waals surface area (Å²) in [6.07, 6.45) is 8.09. The van der Waals surface area contributed by atoms with Crippen LogP contribution >= 0.6 is 0 Å². The first kappa shape index (κ1) is 20.1. The van der Waals surface area contributed by atoms with Gasteiger partial charge in [0, 0.05) is 12.8 Å². The minimum atomic E-state index is -0.170. The Morgan fingerprint density at radius 2 is 1.00 bits per heavy atom. The quantitative estimate of drug-likeness (QED) is 0.403. The van der Waals surface area contributed by atoms with Crippen molar-refractivity contribution in [1.82, 2.24) is 0 Å². The van der Waals surface area contributed by atoms with Crippen molar-refractivity contribution in [2.75, 3.05) is 0 Å². The molecule has 0 saturated carbocycles. The van der Waals surface area contributed by atoms with Crippen molar-refractivity contribution in [3.05, 3.63) is 99.2 Å². The van der Waals surface area contributed by atoms with Gasteiger partial charge in [0.05, 0.1) is 0 Å². The molecule has 2 atom stereocenters. The second kappa shape index (κ2) is 10.7. The summed E-state index contributed by atoms with van der Waals surface area (Å²) in [5.41, 5.74) is 0. The van der Waals surface area contributed by atoms with Crippen LogP contribution in [-0.2, 0) is 0 Å². The van der Waals surface area contributed by atoms with E-state index in [-0.39, 0.29) is 12.2 Å². The molecule has 0 aliphatic rings. The zero-order valence-electron chi connectivity index (χ0n) is 15.6. The minimum absolute atomic E-state index is 0.170. The number of hydrogen-bond acceptors (Lipinski definition) is 3. The first-order chi connectivity index (χ1) is 13.2. The van der Waals surface area contributed by atoms with Gasteiger partial charge in [0.25, 0.3) is 0 Å². The van der Waals surface area contributed by atoms with E-state index in [0.717, 1.165) is 0 Å². The van der Waals surface area contributed by atoms with E-state index < -0.39 is 0 Å². The van der Waals surface area contributed by atoms with Crippen LogP contribution < -0.4 is 14.2 Å². The van der Waals surface area contributed by atoms with Crippen LogP contribution in [0, 0.1) is 0 Å². The largest absolute Gasteiger partial charge is 0.482 e. The van der Waals surface area contributed by atoms with E-state index in [1.54, 1.807) is 24.3 Å². The first-order valence-corrected chi connectivity index (χ1v) is 8.88. The molecule has 2 aromatic rings.